The van der Waals surface area contributed by atoms with E-state index in [1.165, 1.54) is 0 Å². The largest absolute Gasteiger partial charge is 0.326 e. The Morgan fingerprint density at radius 2 is 1.94 bits per heavy atom. The molecule has 2 heterocycles. The number of nitrogens with zero attached hydrogens (tertiary/aromatic N) is 2. The molecule has 3 aromatic rings. The molecule has 2 N–H and O–H groups in total. The lowest BCUT2D eigenvalue weighted by Gasteiger charge is -1.99. The summed E-state index contributed by atoms with van der Waals surface area (Å²) in [6.45, 7) is 2.53. The van der Waals surface area contributed by atoms with E-state index in [2.05, 4.69) is 22.1 Å². The molecule has 4 heteroatoms. The molecule has 0 aliphatic carbocycles. The van der Waals surface area contributed by atoms with Gasteiger partial charge < -0.3 is 5.73 Å². The number of fused-ring (bicyclic) bond motifs is 1. The van der Waals surface area contributed by atoms with Crippen LogP contribution in [0.1, 0.15) is 10.6 Å². The van der Waals surface area contributed by atoms with E-state index in [4.69, 9.17) is 5.73 Å². The van der Waals surface area contributed by atoms with Crippen LogP contribution < -0.4 is 5.73 Å². The van der Waals surface area contributed by atoms with Crippen molar-refractivity contribution in [2.75, 3.05) is 0 Å². The van der Waals surface area contributed by atoms with Gasteiger partial charge >= 0.3 is 0 Å². The van der Waals surface area contributed by atoms with Crippen molar-refractivity contribution in [3.63, 3.8) is 0 Å². The van der Waals surface area contributed by atoms with Crippen LogP contribution in [0.4, 0.5) is 0 Å². The van der Waals surface area contributed by atoms with Gasteiger partial charge in [-0.1, -0.05) is 24.3 Å². The van der Waals surface area contributed by atoms with Crippen LogP contribution in [0.3, 0.4) is 0 Å². The second kappa shape index (κ2) is 4.48. The molecular weight excluding hydrogens is 242 g/mol. The summed E-state index contributed by atoms with van der Waals surface area (Å²) in [5.74, 6) is 0. The van der Waals surface area contributed by atoms with E-state index in [-0.39, 0.29) is 0 Å². The second-order valence-corrected chi connectivity index (χ2v) is 5.20. The number of benzene rings is 1. The summed E-state index contributed by atoms with van der Waals surface area (Å²) in [6.07, 6.45) is 0. The van der Waals surface area contributed by atoms with E-state index >= 15 is 0 Å². The molecule has 0 bridgehead atoms. The number of thiazole rings is 1. The minimum atomic E-state index is 0.539. The summed E-state index contributed by atoms with van der Waals surface area (Å²) in [6, 6.07) is 12.2. The monoisotopic (exact) mass is 255 g/mol. The average Bonchev–Trinajstić information content (AvgIpc) is 2.79. The fourth-order valence-corrected chi connectivity index (χ4v) is 2.82. The molecular formula is C14H13N3S. The zero-order valence-corrected chi connectivity index (χ0v) is 10.9. The molecule has 18 heavy (non-hydrogen) atoms. The Bertz CT molecular complexity index is 703. The van der Waals surface area contributed by atoms with E-state index in [0.717, 1.165) is 32.2 Å². The maximum Gasteiger partial charge on any atom is 0.142 e. The number of hydrogen-bond acceptors (Lipinski definition) is 4. The van der Waals surface area contributed by atoms with Crippen molar-refractivity contribution in [2.45, 2.75) is 13.5 Å². The summed E-state index contributed by atoms with van der Waals surface area (Å²) in [7, 11) is 0. The molecule has 0 radical (unpaired) electrons. The molecule has 2 aromatic heterocycles. The third kappa shape index (κ3) is 1.89. The molecule has 0 saturated heterocycles. The first-order valence-electron chi connectivity index (χ1n) is 5.80. The average molecular weight is 255 g/mol. The predicted molar refractivity (Wildman–Crippen MR) is 75.5 cm³/mol. The molecule has 0 saturated carbocycles. The Morgan fingerprint density at radius 3 is 2.72 bits per heavy atom. The minimum absolute atomic E-state index is 0.539. The van der Waals surface area contributed by atoms with Crippen molar-refractivity contribution in [1.29, 1.82) is 0 Å². The maximum absolute atomic E-state index is 5.68. The highest BCUT2D eigenvalue weighted by atomic mass is 32.1. The van der Waals surface area contributed by atoms with E-state index in [1.54, 1.807) is 11.3 Å². The molecule has 1 aromatic carbocycles. The van der Waals surface area contributed by atoms with Crippen LogP contribution in [0.5, 0.6) is 0 Å². The van der Waals surface area contributed by atoms with Crippen LogP contribution in [-0.2, 0) is 6.54 Å². The molecule has 90 valence electrons. The Labute approximate surface area is 109 Å². The van der Waals surface area contributed by atoms with Gasteiger partial charge in [-0.05, 0) is 19.1 Å². The molecule has 0 aliphatic rings. The number of hydrogen-bond donors (Lipinski definition) is 1. The van der Waals surface area contributed by atoms with Crippen LogP contribution in [0.25, 0.3) is 21.6 Å². The highest BCUT2D eigenvalue weighted by Crippen LogP contribution is 2.27. The van der Waals surface area contributed by atoms with E-state index in [0.29, 0.717) is 6.54 Å². The first kappa shape index (κ1) is 11.3. The van der Waals surface area contributed by atoms with Gasteiger partial charge in [-0.15, -0.1) is 11.3 Å². The molecule has 0 aliphatic heterocycles. The van der Waals surface area contributed by atoms with E-state index < -0.39 is 0 Å². The lowest BCUT2D eigenvalue weighted by atomic mass is 10.2. The Morgan fingerprint density at radius 1 is 1.11 bits per heavy atom. The summed E-state index contributed by atoms with van der Waals surface area (Å²) < 4.78 is 0. The van der Waals surface area contributed by atoms with Crippen molar-refractivity contribution in [2.24, 2.45) is 5.73 Å². The SMILES string of the molecule is Cc1nc(-c2ccc3ccccc3n2)sc1CN. The van der Waals surface area contributed by atoms with Gasteiger partial charge in [0, 0.05) is 16.8 Å². The van der Waals surface area contributed by atoms with Crippen LogP contribution in [0.2, 0.25) is 0 Å². The van der Waals surface area contributed by atoms with Crippen molar-refractivity contribution in [3.8, 4) is 10.7 Å². The summed E-state index contributed by atoms with van der Waals surface area (Å²) >= 11 is 1.62. The van der Waals surface area contributed by atoms with Gasteiger partial charge in [0.2, 0.25) is 0 Å². The quantitative estimate of drug-likeness (QED) is 0.765. The van der Waals surface area contributed by atoms with Crippen molar-refractivity contribution >= 4 is 22.2 Å². The third-order valence-electron chi connectivity index (χ3n) is 2.90. The fraction of sp³-hybridized carbons (Fsp3) is 0.143. The van der Waals surface area contributed by atoms with E-state index in [9.17, 15) is 0 Å². The summed E-state index contributed by atoms with van der Waals surface area (Å²) in [5.41, 5.74) is 8.60. The smallest absolute Gasteiger partial charge is 0.142 e. The number of pyridine rings is 1. The van der Waals surface area contributed by atoms with Crippen molar-refractivity contribution in [3.05, 3.63) is 47.0 Å². The van der Waals surface area contributed by atoms with Crippen molar-refractivity contribution < 1.29 is 0 Å². The molecule has 3 nitrogen and oxygen atoms in total. The van der Waals surface area contributed by atoms with Gasteiger partial charge in [-0.3, -0.25) is 0 Å². The molecule has 0 spiro atoms. The highest BCUT2D eigenvalue weighted by molar-refractivity contribution is 7.15. The van der Waals surface area contributed by atoms with Gasteiger partial charge in [0.25, 0.3) is 0 Å². The van der Waals surface area contributed by atoms with E-state index in [1.807, 2.05) is 31.2 Å². The maximum atomic E-state index is 5.68. The zero-order valence-electron chi connectivity index (χ0n) is 10.1. The first-order chi connectivity index (χ1) is 8.78. The number of aryl methyl sites for hydroxylation is 1. The normalized spacial score (nSPS) is 11.0. The second-order valence-electron chi connectivity index (χ2n) is 4.12. The van der Waals surface area contributed by atoms with Crippen LogP contribution in [-0.4, -0.2) is 9.97 Å². The summed E-state index contributed by atoms with van der Waals surface area (Å²) in [5, 5.41) is 2.09. The molecule has 0 fully saturated rings. The number of nitrogens with two attached hydrogens (primary N) is 1. The predicted octanol–water partition coefficient (Wildman–Crippen LogP) is 3.13. The number of rotatable bonds is 2. The Kier molecular flexibility index (Phi) is 2.81. The van der Waals surface area contributed by atoms with Gasteiger partial charge in [0.1, 0.15) is 5.01 Å². The van der Waals surface area contributed by atoms with Crippen LogP contribution >= 0.6 is 11.3 Å². The van der Waals surface area contributed by atoms with Gasteiger partial charge in [-0.25, -0.2) is 9.97 Å². The standard InChI is InChI=1S/C14H13N3S/c1-9-13(8-15)18-14(16-9)12-7-6-10-4-2-3-5-11(10)17-12/h2-7H,8,15H2,1H3. The molecule has 0 atom stereocenters. The van der Waals surface area contributed by atoms with Crippen LogP contribution in [0.15, 0.2) is 36.4 Å². The highest BCUT2D eigenvalue weighted by Gasteiger charge is 2.09. The summed E-state index contributed by atoms with van der Waals surface area (Å²) in [4.78, 5) is 10.3. The Balaban J connectivity index is 2.13. The number of aromatic nitrogens is 2. The third-order valence-corrected chi connectivity index (χ3v) is 4.10. The topological polar surface area (TPSA) is 51.8 Å². The number of para-hydroxylation sites is 1. The molecule has 3 rings (SSSR count). The fourth-order valence-electron chi connectivity index (χ4n) is 1.91. The van der Waals surface area contributed by atoms with Crippen LogP contribution in [0, 0.1) is 6.92 Å². The zero-order chi connectivity index (χ0) is 12.5. The minimum Gasteiger partial charge on any atom is -0.326 e. The lowest BCUT2D eigenvalue weighted by molar-refractivity contribution is 1.06. The first-order valence-corrected chi connectivity index (χ1v) is 6.62. The lowest BCUT2D eigenvalue weighted by Crippen LogP contribution is -1.94. The van der Waals surface area contributed by atoms with Crippen molar-refractivity contribution in [1.82, 2.24) is 9.97 Å². The van der Waals surface area contributed by atoms with Gasteiger partial charge in [0.05, 0.1) is 16.9 Å². The Hall–Kier alpha value is -1.78. The molecule has 0 unspecified atom stereocenters. The molecule has 0 amide bonds. The van der Waals surface area contributed by atoms with Gasteiger partial charge in [-0.2, -0.15) is 0 Å². The van der Waals surface area contributed by atoms with Gasteiger partial charge in [0.15, 0.2) is 0 Å².